The number of amides is 1. The highest BCUT2D eigenvalue weighted by Crippen LogP contribution is 2.35. The van der Waals surface area contributed by atoms with Crippen molar-refractivity contribution in [3.8, 4) is 5.69 Å². The minimum atomic E-state index is -0.0985. The largest absolute Gasteiger partial charge is 0.336 e. The van der Waals surface area contributed by atoms with Crippen LogP contribution in [0.3, 0.4) is 0 Å². The molecule has 1 amide bonds. The number of hydrogen-bond donors (Lipinski definition) is 0. The number of rotatable bonds is 2. The first-order valence-corrected chi connectivity index (χ1v) is 9.16. The molecular weight excluding hydrogens is 342 g/mol. The molecule has 7 heteroatoms. The molecule has 7 nitrogen and oxygen atoms in total. The van der Waals surface area contributed by atoms with E-state index in [9.17, 15) is 9.59 Å². The average molecular weight is 361 g/mol. The van der Waals surface area contributed by atoms with E-state index >= 15 is 0 Å². The molecule has 27 heavy (non-hydrogen) atoms. The lowest BCUT2D eigenvalue weighted by Crippen LogP contribution is -2.49. The molecule has 0 aliphatic carbocycles. The van der Waals surface area contributed by atoms with Gasteiger partial charge in [-0.15, -0.1) is 5.10 Å². The molecule has 0 spiro atoms. The zero-order valence-electron chi connectivity index (χ0n) is 14.7. The van der Waals surface area contributed by atoms with E-state index in [4.69, 9.17) is 0 Å². The second kappa shape index (κ2) is 6.19. The van der Waals surface area contributed by atoms with Crippen LogP contribution in [0, 0.1) is 5.92 Å². The highest BCUT2D eigenvalue weighted by Gasteiger charge is 2.37. The van der Waals surface area contributed by atoms with Gasteiger partial charge < -0.3 is 9.47 Å². The minimum absolute atomic E-state index is 0.0489. The van der Waals surface area contributed by atoms with Gasteiger partial charge in [-0.3, -0.25) is 9.59 Å². The molecular formula is C20H19N5O2. The normalized spacial score (nSPS) is 21.0. The lowest BCUT2D eigenvalue weighted by Gasteiger charge is -2.42. The number of carbonyl (C=O) groups excluding carboxylic acids is 1. The number of benzene rings is 1. The number of aromatic nitrogens is 4. The van der Waals surface area contributed by atoms with Gasteiger partial charge >= 0.3 is 0 Å². The Morgan fingerprint density at radius 3 is 2.70 bits per heavy atom. The Labute approximate surface area is 155 Å². The molecule has 0 unspecified atom stereocenters. The predicted octanol–water partition coefficient (Wildman–Crippen LogP) is 1.69. The van der Waals surface area contributed by atoms with E-state index in [0.29, 0.717) is 31.2 Å². The Hall–Kier alpha value is -3.22. The third kappa shape index (κ3) is 2.75. The topological polar surface area (TPSA) is 73.0 Å². The number of pyridine rings is 1. The number of para-hydroxylation sites is 1. The average Bonchev–Trinajstić information content (AvgIpc) is 3.19. The molecule has 1 aromatic carbocycles. The van der Waals surface area contributed by atoms with Crippen molar-refractivity contribution in [1.29, 1.82) is 0 Å². The molecule has 4 heterocycles. The fourth-order valence-electron chi connectivity index (χ4n) is 4.29. The van der Waals surface area contributed by atoms with Gasteiger partial charge in [0, 0.05) is 37.3 Å². The molecule has 5 rings (SSSR count). The molecule has 136 valence electrons. The Balaban J connectivity index is 1.40. The number of carbonyl (C=O) groups is 1. The summed E-state index contributed by atoms with van der Waals surface area (Å²) < 4.78 is 3.49. The molecule has 3 aromatic rings. The van der Waals surface area contributed by atoms with Gasteiger partial charge in [0.05, 0.1) is 11.9 Å². The fraction of sp³-hybridized carbons (Fsp3) is 0.300. The van der Waals surface area contributed by atoms with Crippen LogP contribution in [-0.2, 0) is 6.54 Å². The summed E-state index contributed by atoms with van der Waals surface area (Å²) in [6.07, 6.45) is 2.70. The minimum Gasteiger partial charge on any atom is -0.336 e. The number of piperidine rings is 1. The third-order valence-electron chi connectivity index (χ3n) is 5.50. The molecule has 0 radical (unpaired) electrons. The Morgan fingerprint density at radius 1 is 1.00 bits per heavy atom. The van der Waals surface area contributed by atoms with Crippen molar-refractivity contribution >= 4 is 5.91 Å². The zero-order chi connectivity index (χ0) is 18.4. The first-order chi connectivity index (χ1) is 13.2. The van der Waals surface area contributed by atoms with Crippen molar-refractivity contribution in [2.75, 3.05) is 13.1 Å². The van der Waals surface area contributed by atoms with E-state index in [1.165, 1.54) is 0 Å². The van der Waals surface area contributed by atoms with E-state index in [0.717, 1.165) is 17.8 Å². The van der Waals surface area contributed by atoms with Crippen LogP contribution in [0.1, 0.15) is 28.5 Å². The summed E-state index contributed by atoms with van der Waals surface area (Å²) in [6.45, 7) is 1.93. The summed E-state index contributed by atoms with van der Waals surface area (Å²) in [5.41, 5.74) is 2.30. The van der Waals surface area contributed by atoms with E-state index in [1.54, 1.807) is 23.0 Å². The molecule has 1 saturated heterocycles. The van der Waals surface area contributed by atoms with Crippen molar-refractivity contribution in [2.24, 2.45) is 5.92 Å². The molecule has 2 aliphatic heterocycles. The van der Waals surface area contributed by atoms with Crippen LogP contribution in [0.5, 0.6) is 0 Å². The lowest BCUT2D eigenvalue weighted by molar-refractivity contribution is 0.0588. The maximum atomic E-state index is 13.0. The van der Waals surface area contributed by atoms with Crippen LogP contribution < -0.4 is 5.56 Å². The molecule has 2 bridgehead atoms. The predicted molar refractivity (Wildman–Crippen MR) is 98.8 cm³/mol. The second-order valence-corrected chi connectivity index (χ2v) is 7.29. The lowest BCUT2D eigenvalue weighted by atomic mass is 9.83. The van der Waals surface area contributed by atoms with Crippen LogP contribution in [0.4, 0.5) is 0 Å². The fourth-order valence-corrected chi connectivity index (χ4v) is 4.29. The number of fused-ring (bicyclic) bond motifs is 4. The number of hydrogen-bond acceptors (Lipinski definition) is 4. The van der Waals surface area contributed by atoms with E-state index in [1.807, 2.05) is 45.9 Å². The quantitative estimate of drug-likeness (QED) is 0.696. The highest BCUT2D eigenvalue weighted by molar-refractivity contribution is 5.92. The van der Waals surface area contributed by atoms with Gasteiger partial charge in [0.15, 0.2) is 5.69 Å². The van der Waals surface area contributed by atoms with Crippen LogP contribution in [0.2, 0.25) is 0 Å². The van der Waals surface area contributed by atoms with Crippen molar-refractivity contribution in [3.63, 3.8) is 0 Å². The zero-order valence-corrected chi connectivity index (χ0v) is 14.7. The molecule has 1 fully saturated rings. The maximum Gasteiger partial charge on any atom is 0.276 e. The summed E-state index contributed by atoms with van der Waals surface area (Å²) in [5.74, 6) is 0.391. The second-order valence-electron chi connectivity index (χ2n) is 7.29. The summed E-state index contributed by atoms with van der Waals surface area (Å²) in [6, 6.07) is 15.0. The first kappa shape index (κ1) is 16.0. The van der Waals surface area contributed by atoms with Crippen molar-refractivity contribution in [1.82, 2.24) is 24.5 Å². The van der Waals surface area contributed by atoms with Crippen LogP contribution in [0.25, 0.3) is 5.69 Å². The van der Waals surface area contributed by atoms with Crippen LogP contribution >= 0.6 is 0 Å². The van der Waals surface area contributed by atoms with Crippen molar-refractivity contribution in [2.45, 2.75) is 18.9 Å². The Bertz CT molecular complexity index is 1060. The van der Waals surface area contributed by atoms with E-state index in [2.05, 4.69) is 10.3 Å². The first-order valence-electron chi connectivity index (χ1n) is 9.16. The van der Waals surface area contributed by atoms with Crippen molar-refractivity contribution < 1.29 is 4.79 Å². The molecule has 0 N–H and O–H groups in total. The molecule has 0 saturated carbocycles. The van der Waals surface area contributed by atoms with E-state index in [-0.39, 0.29) is 17.4 Å². The maximum absolute atomic E-state index is 13.0. The van der Waals surface area contributed by atoms with Gasteiger partial charge in [-0.2, -0.15) is 0 Å². The van der Waals surface area contributed by atoms with Gasteiger partial charge in [-0.1, -0.05) is 29.5 Å². The summed E-state index contributed by atoms with van der Waals surface area (Å²) in [7, 11) is 0. The smallest absolute Gasteiger partial charge is 0.276 e. The standard InChI is InChI=1S/C20H19N5O2/c26-19-8-4-7-18-15-9-14(11-24(18)19)10-23(12-15)20(27)17-13-25(22-21-17)16-5-2-1-3-6-16/h1-8,13-15H,9-12H2/t14-,15+/m1/s1. The third-order valence-corrected chi connectivity index (χ3v) is 5.50. The van der Waals surface area contributed by atoms with Crippen molar-refractivity contribution in [3.05, 3.63) is 76.5 Å². The highest BCUT2D eigenvalue weighted by atomic mass is 16.2. The van der Waals surface area contributed by atoms with Crippen LogP contribution in [0.15, 0.2) is 59.5 Å². The number of likely N-dealkylation sites (tertiary alicyclic amines) is 1. The molecule has 2 aromatic heterocycles. The Kier molecular flexibility index (Phi) is 3.67. The molecule has 2 atom stereocenters. The summed E-state index contributed by atoms with van der Waals surface area (Å²) >= 11 is 0. The van der Waals surface area contributed by atoms with Gasteiger partial charge in [-0.05, 0) is 30.5 Å². The van der Waals surface area contributed by atoms with Gasteiger partial charge in [0.1, 0.15) is 0 Å². The summed E-state index contributed by atoms with van der Waals surface area (Å²) in [5, 5.41) is 8.18. The Morgan fingerprint density at radius 2 is 1.85 bits per heavy atom. The molecule has 2 aliphatic rings. The number of nitrogens with zero attached hydrogens (tertiary/aromatic N) is 5. The SMILES string of the molecule is O=C(c1cn(-c2ccccc2)nn1)N1C[C@H]2C[C@@H](C1)c1cccc(=O)n1C2. The van der Waals surface area contributed by atoms with Crippen LogP contribution in [-0.4, -0.2) is 43.5 Å². The van der Waals surface area contributed by atoms with E-state index < -0.39 is 0 Å². The van der Waals surface area contributed by atoms with Gasteiger partial charge in [0.2, 0.25) is 0 Å². The van der Waals surface area contributed by atoms with Gasteiger partial charge in [-0.25, -0.2) is 4.68 Å². The summed E-state index contributed by atoms with van der Waals surface area (Å²) in [4.78, 5) is 27.0. The van der Waals surface area contributed by atoms with Gasteiger partial charge in [0.25, 0.3) is 11.5 Å². The monoisotopic (exact) mass is 361 g/mol.